The molecule has 1 saturated heterocycles. The van der Waals surface area contributed by atoms with Crippen molar-refractivity contribution in [2.75, 3.05) is 20.2 Å². The number of methoxy groups -OCH3 is 1. The lowest BCUT2D eigenvalue weighted by molar-refractivity contribution is -0.144. The van der Waals surface area contributed by atoms with E-state index >= 15 is 0 Å². The molecule has 0 radical (unpaired) electrons. The van der Waals surface area contributed by atoms with Crippen LogP contribution in [0.3, 0.4) is 0 Å². The summed E-state index contributed by atoms with van der Waals surface area (Å²) in [5.41, 5.74) is 2.96. The summed E-state index contributed by atoms with van der Waals surface area (Å²) in [6.07, 6.45) is 4.67. The van der Waals surface area contributed by atoms with E-state index in [4.69, 9.17) is 10.5 Å². The smallest absolute Gasteiger partial charge is 0.255 e. The lowest BCUT2D eigenvalue weighted by atomic mass is 9.60. The highest BCUT2D eigenvalue weighted by atomic mass is 16.5. The molecule has 1 fully saturated rings. The number of piperidine rings is 1. The Labute approximate surface area is 226 Å². The number of hydrogen-bond acceptors (Lipinski definition) is 9. The number of likely N-dealkylation sites (tertiary alicyclic amines) is 1. The van der Waals surface area contributed by atoms with Gasteiger partial charge in [-0.15, -0.1) is 0 Å². The molecule has 6 N–H and O–H groups in total. The molecule has 1 unspecified atom stereocenters. The number of hydrogen-bond donors (Lipinski definition) is 5. The van der Waals surface area contributed by atoms with Gasteiger partial charge in [-0.1, -0.05) is 19.8 Å². The minimum absolute atomic E-state index is 0.0334. The molecule has 1 aliphatic heterocycles. The fraction of sp³-hybridized carbons (Fsp3) is 0.552. The van der Waals surface area contributed by atoms with E-state index in [1.807, 2.05) is 0 Å². The van der Waals surface area contributed by atoms with Gasteiger partial charge in [0.1, 0.15) is 28.6 Å². The summed E-state index contributed by atoms with van der Waals surface area (Å²) in [7, 11) is 1.52. The number of Topliss-reactive ketones (excluding diaryl/α,β-unsaturated/α-hetero) is 2. The number of phenolic OH excluding ortho intramolecular Hbond substituents is 1. The lowest BCUT2D eigenvalue weighted by Crippen LogP contribution is -2.57. The normalized spacial score (nSPS) is 27.8. The van der Waals surface area contributed by atoms with Gasteiger partial charge in [0.25, 0.3) is 5.91 Å². The molecule has 1 aromatic carbocycles. The van der Waals surface area contributed by atoms with Gasteiger partial charge in [0.15, 0.2) is 11.4 Å². The summed E-state index contributed by atoms with van der Waals surface area (Å²) in [4.78, 5) is 40.9. The maximum Gasteiger partial charge on any atom is 0.255 e. The highest BCUT2D eigenvalue weighted by Gasteiger charge is 2.59. The Morgan fingerprint density at radius 2 is 1.87 bits per heavy atom. The van der Waals surface area contributed by atoms with Gasteiger partial charge in [0.05, 0.1) is 12.7 Å². The fourth-order valence-electron chi connectivity index (χ4n) is 7.19. The second kappa shape index (κ2) is 9.98. The Kier molecular flexibility index (Phi) is 6.97. The minimum atomic E-state index is -2.57. The van der Waals surface area contributed by atoms with Crippen LogP contribution in [0.15, 0.2) is 28.7 Å². The van der Waals surface area contributed by atoms with Crippen molar-refractivity contribution >= 4 is 17.5 Å². The van der Waals surface area contributed by atoms with E-state index in [0.29, 0.717) is 17.9 Å². The number of rotatable bonds is 6. The van der Waals surface area contributed by atoms with Gasteiger partial charge in [0, 0.05) is 35.6 Å². The summed E-state index contributed by atoms with van der Waals surface area (Å²) in [6, 6.07) is 1.52. The van der Waals surface area contributed by atoms with Crippen molar-refractivity contribution in [3.63, 3.8) is 0 Å². The number of fused-ring (bicyclic) bond motifs is 3. The van der Waals surface area contributed by atoms with Gasteiger partial charge in [-0.3, -0.25) is 19.3 Å². The van der Waals surface area contributed by atoms with E-state index in [-0.39, 0.29) is 36.1 Å². The molecule has 0 aromatic heterocycles. The maximum absolute atomic E-state index is 13.7. The van der Waals surface area contributed by atoms with E-state index in [9.17, 15) is 34.8 Å². The topological polar surface area (TPSA) is 171 Å². The molecule has 210 valence electrons. The zero-order chi connectivity index (χ0) is 28.2. The Balaban J connectivity index is 1.51. The van der Waals surface area contributed by atoms with Crippen LogP contribution in [0.4, 0.5) is 0 Å². The number of allylic oxidation sites excluding steroid dienone is 2. The van der Waals surface area contributed by atoms with E-state index in [1.165, 1.54) is 26.0 Å². The van der Waals surface area contributed by atoms with Crippen LogP contribution >= 0.6 is 0 Å². The Bertz CT molecular complexity index is 1310. The highest BCUT2D eigenvalue weighted by Crippen LogP contribution is 2.52. The Morgan fingerprint density at radius 3 is 2.49 bits per heavy atom. The van der Waals surface area contributed by atoms with Gasteiger partial charge in [-0.05, 0) is 56.7 Å². The van der Waals surface area contributed by atoms with Crippen molar-refractivity contribution in [2.24, 2.45) is 23.5 Å². The van der Waals surface area contributed by atoms with Crippen LogP contribution < -0.4 is 10.5 Å². The quantitative estimate of drug-likeness (QED) is 0.340. The van der Waals surface area contributed by atoms with Crippen LogP contribution in [-0.4, -0.2) is 68.6 Å². The average molecular weight is 541 g/mol. The molecular formula is C29H36N2O8. The van der Waals surface area contributed by atoms with Crippen molar-refractivity contribution in [2.45, 2.75) is 64.0 Å². The maximum atomic E-state index is 13.7. The van der Waals surface area contributed by atoms with Crippen molar-refractivity contribution in [3.8, 4) is 11.5 Å². The van der Waals surface area contributed by atoms with E-state index in [0.717, 1.165) is 37.4 Å². The molecule has 0 bridgehead atoms. The monoisotopic (exact) mass is 540 g/mol. The second-order valence-electron chi connectivity index (χ2n) is 11.4. The van der Waals surface area contributed by atoms with Crippen molar-refractivity contribution in [1.82, 2.24) is 4.90 Å². The third-order valence-electron chi connectivity index (χ3n) is 9.09. The SMILES string of the molecule is CCCC1CCN(Cc2cc(O)c3c(c2OC)CC2C[C@H]4CC(O)=C(C(N)=O)C(=O)[C@@]4(O)C(O)=C2C3=O)CC1. The standard InChI is InChI=1S/C29H36N2O8/c1-3-4-14-5-7-31(8-6-14)13-16-11-19(32)22-18(25(16)39-2)10-15-9-17-12-20(33)23(28(30)37)27(36)29(17,38)26(35)21(15)24(22)34/h11,14-15,17,32-33,35,38H,3-10,12-13H2,1-2H3,(H2,30,37)/t15?,17-,29-/m0/s1. The number of carbonyl (C=O) groups is 3. The van der Waals surface area contributed by atoms with Crippen molar-refractivity contribution in [3.05, 3.63) is 45.4 Å². The zero-order valence-corrected chi connectivity index (χ0v) is 22.3. The summed E-state index contributed by atoms with van der Waals surface area (Å²) < 4.78 is 5.78. The Morgan fingerprint density at radius 1 is 1.18 bits per heavy atom. The van der Waals surface area contributed by atoms with Gasteiger partial charge in [-0.2, -0.15) is 0 Å². The minimum Gasteiger partial charge on any atom is -0.511 e. The number of aromatic hydroxyl groups is 1. The van der Waals surface area contributed by atoms with Crippen LogP contribution in [-0.2, 0) is 22.6 Å². The highest BCUT2D eigenvalue weighted by molar-refractivity contribution is 6.24. The van der Waals surface area contributed by atoms with Crippen molar-refractivity contribution < 1.29 is 39.5 Å². The molecule has 1 aromatic rings. The molecule has 3 atom stereocenters. The average Bonchev–Trinajstić information content (AvgIpc) is 2.87. The zero-order valence-electron chi connectivity index (χ0n) is 22.3. The number of aliphatic hydroxyl groups is 3. The lowest BCUT2D eigenvalue weighted by Gasteiger charge is -2.45. The number of ketones is 2. The van der Waals surface area contributed by atoms with E-state index < -0.39 is 52.0 Å². The largest absolute Gasteiger partial charge is 0.511 e. The molecule has 4 aliphatic rings. The van der Waals surface area contributed by atoms with Crippen LogP contribution in [0, 0.1) is 17.8 Å². The molecule has 0 spiro atoms. The summed E-state index contributed by atoms with van der Waals surface area (Å²) in [5, 5.41) is 43.9. The van der Waals surface area contributed by atoms with Crippen LogP contribution in [0.2, 0.25) is 0 Å². The predicted octanol–water partition coefficient (Wildman–Crippen LogP) is 2.60. The molecule has 0 saturated carbocycles. The van der Waals surface area contributed by atoms with Crippen LogP contribution in [0.1, 0.15) is 66.9 Å². The number of aliphatic hydroxyl groups excluding tert-OH is 2. The summed E-state index contributed by atoms with van der Waals surface area (Å²) >= 11 is 0. The third kappa shape index (κ3) is 4.21. The number of nitrogens with zero attached hydrogens (tertiary/aromatic N) is 1. The van der Waals surface area contributed by atoms with Gasteiger partial charge in [-0.25, -0.2) is 0 Å². The first-order chi connectivity index (χ1) is 18.5. The first kappa shape index (κ1) is 27.2. The summed E-state index contributed by atoms with van der Waals surface area (Å²) in [5.74, 6) is -5.16. The first-order valence-corrected chi connectivity index (χ1v) is 13.6. The first-order valence-electron chi connectivity index (χ1n) is 13.6. The molecule has 1 heterocycles. The number of ether oxygens (including phenoxy) is 1. The molecule has 5 rings (SSSR count). The fourth-order valence-corrected chi connectivity index (χ4v) is 7.19. The van der Waals surface area contributed by atoms with Crippen molar-refractivity contribution in [1.29, 1.82) is 0 Å². The number of carbonyl (C=O) groups excluding carboxylic acids is 3. The van der Waals surface area contributed by atoms with E-state index in [2.05, 4.69) is 11.8 Å². The molecule has 3 aliphatic carbocycles. The molecular weight excluding hydrogens is 504 g/mol. The molecule has 1 amide bonds. The Hall–Kier alpha value is -3.37. The molecule has 10 heteroatoms. The number of benzene rings is 1. The number of phenols is 1. The van der Waals surface area contributed by atoms with Crippen LogP contribution in [0.25, 0.3) is 0 Å². The van der Waals surface area contributed by atoms with Gasteiger partial charge in [0.2, 0.25) is 5.78 Å². The number of primary amides is 1. The third-order valence-corrected chi connectivity index (χ3v) is 9.09. The van der Waals surface area contributed by atoms with Crippen LogP contribution in [0.5, 0.6) is 11.5 Å². The van der Waals surface area contributed by atoms with Gasteiger partial charge >= 0.3 is 0 Å². The van der Waals surface area contributed by atoms with Gasteiger partial charge < -0.3 is 30.9 Å². The number of nitrogens with two attached hydrogens (primary N) is 1. The molecule has 39 heavy (non-hydrogen) atoms. The van der Waals surface area contributed by atoms with E-state index in [1.54, 1.807) is 0 Å². The summed E-state index contributed by atoms with van der Waals surface area (Å²) in [6.45, 7) is 4.63. The second-order valence-corrected chi connectivity index (χ2v) is 11.4. The molecule has 10 nitrogen and oxygen atoms in total. The predicted molar refractivity (Wildman–Crippen MR) is 140 cm³/mol. The number of amides is 1.